The molecule has 156 valence electrons. The van der Waals surface area contributed by atoms with Crippen LogP contribution in [0.25, 0.3) is 0 Å². The Morgan fingerprint density at radius 2 is 1.76 bits per heavy atom. The number of carbonyl (C=O) groups excluding carboxylic acids is 2. The van der Waals surface area contributed by atoms with Crippen molar-refractivity contribution in [2.75, 3.05) is 6.54 Å². The molecule has 0 aliphatic rings. The minimum Gasteiger partial charge on any atom is -0.354 e. The fourth-order valence-corrected chi connectivity index (χ4v) is 3.24. The minimum absolute atomic E-state index is 0.0921. The van der Waals surface area contributed by atoms with Gasteiger partial charge in [-0.05, 0) is 41.7 Å². The van der Waals surface area contributed by atoms with Gasteiger partial charge in [0.15, 0.2) is 0 Å². The van der Waals surface area contributed by atoms with Crippen LogP contribution in [0.3, 0.4) is 0 Å². The third-order valence-corrected chi connectivity index (χ3v) is 5.00. The summed E-state index contributed by atoms with van der Waals surface area (Å²) in [7, 11) is 0. The zero-order valence-electron chi connectivity index (χ0n) is 17.1. The SMILES string of the molecule is CCC(C(=O)NCC(C)C)N(Cc1ccc(F)cc1)C(=O)Cc1ccccc1Cl. The molecule has 6 heteroatoms. The minimum atomic E-state index is -0.617. The highest BCUT2D eigenvalue weighted by Gasteiger charge is 2.29. The fourth-order valence-electron chi connectivity index (χ4n) is 3.03. The Kier molecular flexibility index (Phi) is 8.65. The van der Waals surface area contributed by atoms with Gasteiger partial charge in [0, 0.05) is 18.1 Å². The van der Waals surface area contributed by atoms with Gasteiger partial charge in [-0.2, -0.15) is 0 Å². The van der Waals surface area contributed by atoms with Crippen molar-refractivity contribution in [3.63, 3.8) is 0 Å². The largest absolute Gasteiger partial charge is 0.354 e. The second-order valence-electron chi connectivity index (χ2n) is 7.48. The number of nitrogens with zero attached hydrogens (tertiary/aromatic N) is 1. The van der Waals surface area contributed by atoms with Crippen molar-refractivity contribution in [1.29, 1.82) is 0 Å². The molecular formula is C23H28ClFN2O2. The average Bonchev–Trinajstić information content (AvgIpc) is 2.69. The van der Waals surface area contributed by atoms with E-state index in [1.165, 1.54) is 12.1 Å². The van der Waals surface area contributed by atoms with E-state index >= 15 is 0 Å². The van der Waals surface area contributed by atoms with Gasteiger partial charge >= 0.3 is 0 Å². The molecule has 0 aliphatic carbocycles. The number of hydrogen-bond donors (Lipinski definition) is 1. The van der Waals surface area contributed by atoms with Crippen LogP contribution >= 0.6 is 11.6 Å². The van der Waals surface area contributed by atoms with Crippen LogP contribution in [-0.4, -0.2) is 29.3 Å². The Morgan fingerprint density at radius 3 is 2.34 bits per heavy atom. The molecule has 0 saturated heterocycles. The van der Waals surface area contributed by atoms with Crippen LogP contribution in [0, 0.1) is 11.7 Å². The summed E-state index contributed by atoms with van der Waals surface area (Å²) in [6.45, 7) is 6.66. The maximum Gasteiger partial charge on any atom is 0.242 e. The summed E-state index contributed by atoms with van der Waals surface area (Å²) in [6.07, 6.45) is 0.564. The molecule has 2 aromatic rings. The molecular weight excluding hydrogens is 391 g/mol. The molecule has 2 rings (SSSR count). The third-order valence-electron chi connectivity index (χ3n) is 4.64. The van der Waals surface area contributed by atoms with Crippen LogP contribution in [0.1, 0.15) is 38.3 Å². The number of amides is 2. The number of halogens is 2. The molecule has 2 aromatic carbocycles. The summed E-state index contributed by atoms with van der Waals surface area (Å²) in [5, 5.41) is 3.43. The van der Waals surface area contributed by atoms with E-state index < -0.39 is 6.04 Å². The first-order chi connectivity index (χ1) is 13.8. The third kappa shape index (κ3) is 6.86. The summed E-state index contributed by atoms with van der Waals surface area (Å²) in [5.74, 6) is -0.421. The molecule has 0 fully saturated rings. The van der Waals surface area contributed by atoms with Crippen LogP contribution in [0.5, 0.6) is 0 Å². The Morgan fingerprint density at radius 1 is 1.10 bits per heavy atom. The van der Waals surface area contributed by atoms with Crippen molar-refractivity contribution in [1.82, 2.24) is 10.2 Å². The zero-order valence-corrected chi connectivity index (χ0v) is 17.9. The van der Waals surface area contributed by atoms with Crippen molar-refractivity contribution in [3.8, 4) is 0 Å². The second-order valence-corrected chi connectivity index (χ2v) is 7.89. The smallest absolute Gasteiger partial charge is 0.242 e. The normalized spacial score (nSPS) is 11.9. The van der Waals surface area contributed by atoms with Crippen molar-refractivity contribution >= 4 is 23.4 Å². The van der Waals surface area contributed by atoms with Crippen LogP contribution < -0.4 is 5.32 Å². The molecule has 2 amide bonds. The van der Waals surface area contributed by atoms with E-state index in [1.807, 2.05) is 26.8 Å². The Balaban J connectivity index is 2.27. The Bertz CT molecular complexity index is 824. The molecule has 4 nitrogen and oxygen atoms in total. The van der Waals surface area contributed by atoms with E-state index in [0.717, 1.165) is 5.56 Å². The second kappa shape index (κ2) is 11.0. The number of benzene rings is 2. The summed E-state index contributed by atoms with van der Waals surface area (Å²) >= 11 is 6.22. The lowest BCUT2D eigenvalue weighted by atomic mass is 10.1. The van der Waals surface area contributed by atoms with Gasteiger partial charge in [0.1, 0.15) is 11.9 Å². The van der Waals surface area contributed by atoms with Gasteiger partial charge in [-0.1, -0.05) is 62.7 Å². The topological polar surface area (TPSA) is 49.4 Å². The average molecular weight is 419 g/mol. The van der Waals surface area contributed by atoms with E-state index in [4.69, 9.17) is 11.6 Å². The number of carbonyl (C=O) groups is 2. The summed E-state index contributed by atoms with van der Waals surface area (Å²) in [6, 6.07) is 12.5. The van der Waals surface area contributed by atoms with Crippen LogP contribution in [0.15, 0.2) is 48.5 Å². The van der Waals surface area contributed by atoms with Crippen molar-refractivity contribution < 1.29 is 14.0 Å². The lowest BCUT2D eigenvalue weighted by Crippen LogP contribution is -2.50. The van der Waals surface area contributed by atoms with Gasteiger partial charge in [0.05, 0.1) is 6.42 Å². The van der Waals surface area contributed by atoms with Crippen LogP contribution in [0.4, 0.5) is 4.39 Å². The lowest BCUT2D eigenvalue weighted by Gasteiger charge is -2.31. The number of hydrogen-bond acceptors (Lipinski definition) is 2. The predicted molar refractivity (Wildman–Crippen MR) is 114 cm³/mol. The predicted octanol–water partition coefficient (Wildman–Crippen LogP) is 4.60. The first-order valence-electron chi connectivity index (χ1n) is 9.86. The molecule has 29 heavy (non-hydrogen) atoms. The zero-order chi connectivity index (χ0) is 21.4. The highest BCUT2D eigenvalue weighted by molar-refractivity contribution is 6.31. The molecule has 0 bridgehead atoms. The fraction of sp³-hybridized carbons (Fsp3) is 0.391. The van der Waals surface area contributed by atoms with E-state index in [0.29, 0.717) is 29.5 Å². The highest BCUT2D eigenvalue weighted by atomic mass is 35.5. The van der Waals surface area contributed by atoms with Crippen molar-refractivity contribution in [2.45, 2.75) is 46.2 Å². The molecule has 0 heterocycles. The number of rotatable bonds is 9. The van der Waals surface area contributed by atoms with Crippen molar-refractivity contribution in [2.24, 2.45) is 5.92 Å². The Labute approximate surface area is 177 Å². The lowest BCUT2D eigenvalue weighted by molar-refractivity contribution is -0.141. The highest BCUT2D eigenvalue weighted by Crippen LogP contribution is 2.19. The summed E-state index contributed by atoms with van der Waals surface area (Å²) < 4.78 is 13.3. The Hall–Kier alpha value is -2.40. The molecule has 1 atom stereocenters. The van der Waals surface area contributed by atoms with Crippen LogP contribution in [0.2, 0.25) is 5.02 Å². The van der Waals surface area contributed by atoms with Gasteiger partial charge in [0.2, 0.25) is 11.8 Å². The van der Waals surface area contributed by atoms with Crippen molar-refractivity contribution in [3.05, 3.63) is 70.5 Å². The maximum absolute atomic E-state index is 13.3. The van der Waals surface area contributed by atoms with Gasteiger partial charge in [-0.25, -0.2) is 4.39 Å². The molecule has 1 N–H and O–H groups in total. The molecule has 0 saturated carbocycles. The molecule has 0 spiro atoms. The standard InChI is InChI=1S/C23H28ClFN2O2/c1-4-21(23(29)26-14-16(2)3)27(15-17-9-11-19(25)12-10-17)22(28)13-18-7-5-6-8-20(18)24/h5-12,16,21H,4,13-15H2,1-3H3,(H,26,29). The first kappa shape index (κ1) is 22.9. The van der Waals surface area contributed by atoms with E-state index in [-0.39, 0.29) is 30.6 Å². The van der Waals surface area contributed by atoms with Gasteiger partial charge in [-0.15, -0.1) is 0 Å². The summed E-state index contributed by atoms with van der Waals surface area (Å²) in [4.78, 5) is 27.6. The van der Waals surface area contributed by atoms with Crippen LogP contribution in [-0.2, 0) is 22.6 Å². The summed E-state index contributed by atoms with van der Waals surface area (Å²) in [5.41, 5.74) is 1.47. The monoisotopic (exact) mass is 418 g/mol. The molecule has 0 aromatic heterocycles. The quantitative estimate of drug-likeness (QED) is 0.646. The van der Waals surface area contributed by atoms with E-state index in [9.17, 15) is 14.0 Å². The van der Waals surface area contributed by atoms with E-state index in [2.05, 4.69) is 5.32 Å². The first-order valence-corrected chi connectivity index (χ1v) is 10.2. The van der Waals surface area contributed by atoms with Gasteiger partial charge < -0.3 is 10.2 Å². The maximum atomic E-state index is 13.3. The molecule has 0 aliphatic heterocycles. The van der Waals surface area contributed by atoms with Gasteiger partial charge in [0.25, 0.3) is 0 Å². The van der Waals surface area contributed by atoms with E-state index in [1.54, 1.807) is 35.2 Å². The molecule has 1 unspecified atom stereocenters. The molecule has 0 radical (unpaired) electrons. The number of nitrogens with one attached hydrogen (secondary N) is 1. The van der Waals surface area contributed by atoms with Gasteiger partial charge in [-0.3, -0.25) is 9.59 Å².